The molecule has 0 spiro atoms. The molecular weight excluding hydrogens is 618 g/mol. The molecule has 35 heavy (non-hydrogen) atoms. The predicted molar refractivity (Wildman–Crippen MR) is 141 cm³/mol. The first-order valence-corrected chi connectivity index (χ1v) is 23.5. The topological polar surface area (TPSA) is 104 Å². The van der Waals surface area contributed by atoms with Crippen LogP contribution in [0.3, 0.4) is 0 Å². The molecule has 0 saturated carbocycles. The number of carbonyl (C=O) groups is 2. The molecule has 2 atom stereocenters. The molecule has 1 heterocycles. The standard InChI is InChI=1S/C21H21Cl2N2O5S.3CH3.Sn/c1-21(20(28)24-18(19(26)27)10-14-6-3-2-4-7-14)8-5-9-25(21)31(29,30)17-12-15(22)11-16(23)13-17;;;;/h3-4,6-7,11-13,18H,5,8-10H2,1H3,(H,24,28)(H,26,27);3*1H3;/t18?,21-;;;;/m0..../s1. The number of halogens is 2. The van der Waals surface area contributed by atoms with Crippen molar-refractivity contribution in [2.24, 2.45) is 0 Å². The number of rotatable bonds is 8. The van der Waals surface area contributed by atoms with Crippen LogP contribution < -0.4 is 8.90 Å². The second kappa shape index (κ2) is 10.6. The molecule has 3 rings (SSSR count). The van der Waals surface area contributed by atoms with Crippen molar-refractivity contribution < 1.29 is 23.1 Å². The van der Waals surface area contributed by atoms with Crippen LogP contribution in [0.15, 0.2) is 47.4 Å². The Morgan fingerprint density at radius 1 is 1.11 bits per heavy atom. The SMILES string of the molecule is C[C@@]1(C(=O)NC(Cc2cc[c]([Sn]([CH3])([CH3])[CH3])cc2)C(=O)O)CCCN1S(=O)(=O)c1cc(Cl)cc(Cl)c1. The minimum absolute atomic E-state index is 0.0910. The van der Waals surface area contributed by atoms with Crippen molar-refractivity contribution in [1.82, 2.24) is 9.62 Å². The van der Waals surface area contributed by atoms with Crippen molar-refractivity contribution in [1.29, 1.82) is 0 Å². The van der Waals surface area contributed by atoms with Crippen LogP contribution in [0.2, 0.25) is 24.9 Å². The molecule has 11 heteroatoms. The molecule has 0 aliphatic carbocycles. The molecule has 0 radical (unpaired) electrons. The van der Waals surface area contributed by atoms with Crippen molar-refractivity contribution in [3.8, 4) is 0 Å². The van der Waals surface area contributed by atoms with Crippen LogP contribution in [-0.2, 0) is 26.0 Å². The molecule has 1 aliphatic rings. The zero-order valence-corrected chi connectivity index (χ0v) is 25.3. The predicted octanol–water partition coefficient (Wildman–Crippen LogP) is 3.89. The number of aliphatic carboxylic acids is 1. The molecule has 2 aromatic carbocycles. The zero-order valence-electron chi connectivity index (χ0n) is 20.1. The van der Waals surface area contributed by atoms with Gasteiger partial charge in [-0.15, -0.1) is 0 Å². The Balaban J connectivity index is 1.83. The van der Waals surface area contributed by atoms with E-state index in [1.807, 2.05) is 24.3 Å². The second-order valence-corrected chi connectivity index (χ2v) is 27.3. The maximum absolute atomic E-state index is 13.4. The fourth-order valence-corrected chi connectivity index (χ4v) is 10.1. The summed E-state index contributed by atoms with van der Waals surface area (Å²) in [5.74, 6) is -1.84. The van der Waals surface area contributed by atoms with Gasteiger partial charge >= 0.3 is 170 Å². The molecular formula is C24H30Cl2N2O5SSn. The molecule has 0 bridgehead atoms. The second-order valence-electron chi connectivity index (χ2n) is 10.1. The zero-order chi connectivity index (χ0) is 26.2. The van der Waals surface area contributed by atoms with Gasteiger partial charge in [-0.05, 0) is 18.2 Å². The Kier molecular flexibility index (Phi) is 8.53. The van der Waals surface area contributed by atoms with Crippen molar-refractivity contribution in [3.05, 3.63) is 58.1 Å². The van der Waals surface area contributed by atoms with Gasteiger partial charge in [-0.2, -0.15) is 0 Å². The smallest absolute Gasteiger partial charge is 0.0842 e. The number of hydrogen-bond acceptors (Lipinski definition) is 4. The quantitative estimate of drug-likeness (QED) is 0.423. The van der Waals surface area contributed by atoms with Crippen molar-refractivity contribution in [2.75, 3.05) is 6.54 Å². The molecule has 190 valence electrons. The molecule has 1 saturated heterocycles. The van der Waals surface area contributed by atoms with Gasteiger partial charge in [0.2, 0.25) is 0 Å². The van der Waals surface area contributed by atoms with E-state index in [4.69, 9.17) is 23.2 Å². The third-order valence-corrected chi connectivity index (χ3v) is 14.7. The number of nitrogens with zero attached hydrogens (tertiary/aromatic N) is 1. The van der Waals surface area contributed by atoms with Gasteiger partial charge < -0.3 is 0 Å². The summed E-state index contributed by atoms with van der Waals surface area (Å²) in [5, 5.41) is 12.7. The van der Waals surface area contributed by atoms with Gasteiger partial charge in [0, 0.05) is 10.0 Å². The summed E-state index contributed by atoms with van der Waals surface area (Å²) in [4.78, 5) is 32.1. The van der Waals surface area contributed by atoms with Gasteiger partial charge in [0.1, 0.15) is 0 Å². The van der Waals surface area contributed by atoms with Crippen molar-refractivity contribution in [2.45, 2.75) is 57.5 Å². The van der Waals surface area contributed by atoms with Crippen LogP contribution in [-0.4, -0.2) is 66.2 Å². The molecule has 1 unspecified atom stereocenters. The third kappa shape index (κ3) is 6.33. The maximum atomic E-state index is 13.4. The van der Waals surface area contributed by atoms with E-state index >= 15 is 0 Å². The normalized spacial score (nSPS) is 19.9. The summed E-state index contributed by atoms with van der Waals surface area (Å²) in [5.41, 5.74) is -0.669. The van der Waals surface area contributed by atoms with E-state index in [0.29, 0.717) is 6.42 Å². The van der Waals surface area contributed by atoms with E-state index in [-0.39, 0.29) is 34.3 Å². The average molecular weight is 648 g/mol. The van der Waals surface area contributed by atoms with Gasteiger partial charge in [-0.3, -0.25) is 0 Å². The van der Waals surface area contributed by atoms with Crippen LogP contribution in [0.4, 0.5) is 0 Å². The molecule has 1 aliphatic heterocycles. The van der Waals surface area contributed by atoms with Gasteiger partial charge in [0.15, 0.2) is 0 Å². The molecule has 2 aromatic rings. The first-order chi connectivity index (χ1) is 16.1. The van der Waals surface area contributed by atoms with E-state index in [0.717, 1.165) is 9.87 Å². The first-order valence-electron chi connectivity index (χ1n) is 11.3. The molecule has 0 aromatic heterocycles. The average Bonchev–Trinajstić information content (AvgIpc) is 3.16. The fourth-order valence-electron chi connectivity index (χ4n) is 4.25. The Hall–Kier alpha value is -1.33. The van der Waals surface area contributed by atoms with E-state index in [1.54, 1.807) is 0 Å². The minimum atomic E-state index is -4.11. The van der Waals surface area contributed by atoms with E-state index in [1.165, 1.54) is 28.7 Å². The van der Waals surface area contributed by atoms with Gasteiger partial charge in [0.05, 0.1) is 0 Å². The summed E-state index contributed by atoms with van der Waals surface area (Å²) in [6, 6.07) is 10.7. The van der Waals surface area contributed by atoms with E-state index in [9.17, 15) is 23.1 Å². The van der Waals surface area contributed by atoms with Gasteiger partial charge in [0.25, 0.3) is 0 Å². The number of carbonyl (C=O) groups excluding carboxylic acids is 1. The number of amides is 1. The third-order valence-electron chi connectivity index (χ3n) is 6.35. The number of hydrogen-bond donors (Lipinski definition) is 2. The van der Waals surface area contributed by atoms with Crippen LogP contribution in [0.25, 0.3) is 0 Å². The number of nitrogens with one attached hydrogen (secondary N) is 1. The van der Waals surface area contributed by atoms with Crippen LogP contribution in [0.1, 0.15) is 25.3 Å². The number of carboxylic acid groups (broad SMARTS) is 1. The minimum Gasteiger partial charge on any atom is -0.0842 e. The van der Waals surface area contributed by atoms with E-state index < -0.39 is 51.9 Å². The summed E-state index contributed by atoms with van der Waals surface area (Å²) >= 11 is 9.76. The Morgan fingerprint density at radius 3 is 2.20 bits per heavy atom. The summed E-state index contributed by atoms with van der Waals surface area (Å²) < 4.78 is 29.2. The molecule has 2 N–H and O–H groups in total. The number of benzene rings is 2. The fraction of sp³-hybridized carbons (Fsp3) is 0.417. The monoisotopic (exact) mass is 648 g/mol. The Bertz CT molecular complexity index is 1210. The van der Waals surface area contributed by atoms with Crippen molar-refractivity contribution >= 4 is 67.1 Å². The van der Waals surface area contributed by atoms with E-state index in [2.05, 4.69) is 20.1 Å². The van der Waals surface area contributed by atoms with Gasteiger partial charge in [-0.25, -0.2) is 0 Å². The summed E-state index contributed by atoms with van der Waals surface area (Å²) in [6.07, 6.45) is 0.801. The molecule has 1 amide bonds. The molecule has 1 fully saturated rings. The van der Waals surface area contributed by atoms with Crippen LogP contribution >= 0.6 is 23.2 Å². The van der Waals surface area contributed by atoms with Crippen LogP contribution in [0.5, 0.6) is 0 Å². The first kappa shape index (κ1) is 28.2. The number of sulfonamides is 1. The van der Waals surface area contributed by atoms with Gasteiger partial charge in [-0.1, -0.05) is 23.2 Å². The molecule has 7 nitrogen and oxygen atoms in total. The Labute approximate surface area is 220 Å². The summed E-state index contributed by atoms with van der Waals surface area (Å²) in [6.45, 7) is 1.64. The van der Waals surface area contributed by atoms with Crippen molar-refractivity contribution in [3.63, 3.8) is 0 Å². The number of carboxylic acids is 1. The van der Waals surface area contributed by atoms with Crippen LogP contribution in [0, 0.1) is 0 Å². The Morgan fingerprint density at radius 2 is 1.69 bits per heavy atom. The summed E-state index contributed by atoms with van der Waals surface area (Å²) in [7, 11) is -4.11.